The van der Waals surface area contributed by atoms with E-state index in [-0.39, 0.29) is 0 Å². The summed E-state index contributed by atoms with van der Waals surface area (Å²) in [5.41, 5.74) is 6.23. The van der Waals surface area contributed by atoms with E-state index in [1.54, 1.807) is 31.4 Å². The van der Waals surface area contributed by atoms with Crippen LogP contribution in [0.2, 0.25) is 10.0 Å². The average Bonchev–Trinajstić information content (AvgIpc) is 2.36. The van der Waals surface area contributed by atoms with Gasteiger partial charge in [-0.2, -0.15) is 0 Å². The van der Waals surface area contributed by atoms with Crippen molar-refractivity contribution in [2.45, 2.75) is 0 Å². The SMILES string of the molecule is COc1ccccc1Oc1cc(Cl)c(Cl)cc1N. The molecule has 0 spiro atoms. The van der Waals surface area contributed by atoms with Crippen LogP contribution in [-0.4, -0.2) is 7.11 Å². The van der Waals surface area contributed by atoms with Gasteiger partial charge in [0, 0.05) is 6.07 Å². The molecule has 0 saturated heterocycles. The fourth-order valence-electron chi connectivity index (χ4n) is 1.45. The highest BCUT2D eigenvalue weighted by Crippen LogP contribution is 2.37. The molecule has 0 fully saturated rings. The minimum Gasteiger partial charge on any atom is -0.493 e. The summed E-state index contributed by atoms with van der Waals surface area (Å²) in [4.78, 5) is 0. The van der Waals surface area contributed by atoms with E-state index in [1.165, 1.54) is 0 Å². The number of halogens is 2. The third-order valence-electron chi connectivity index (χ3n) is 2.34. The molecule has 94 valence electrons. The second kappa shape index (κ2) is 5.38. The lowest BCUT2D eigenvalue weighted by Crippen LogP contribution is -1.94. The molecule has 2 N–H and O–H groups in total. The van der Waals surface area contributed by atoms with Gasteiger partial charge in [0.1, 0.15) is 0 Å². The second-order valence-electron chi connectivity index (χ2n) is 3.56. The van der Waals surface area contributed by atoms with Crippen LogP contribution in [-0.2, 0) is 0 Å². The normalized spacial score (nSPS) is 10.2. The highest BCUT2D eigenvalue weighted by atomic mass is 35.5. The molecule has 2 rings (SSSR count). The summed E-state index contributed by atoms with van der Waals surface area (Å²) in [6.45, 7) is 0. The van der Waals surface area contributed by atoms with Crippen LogP contribution in [0.4, 0.5) is 5.69 Å². The fraction of sp³-hybridized carbons (Fsp3) is 0.0769. The molecule has 0 aliphatic rings. The van der Waals surface area contributed by atoms with Gasteiger partial charge >= 0.3 is 0 Å². The number of benzene rings is 2. The number of para-hydroxylation sites is 2. The van der Waals surface area contributed by atoms with Gasteiger partial charge < -0.3 is 15.2 Å². The lowest BCUT2D eigenvalue weighted by atomic mass is 10.3. The molecule has 0 unspecified atom stereocenters. The topological polar surface area (TPSA) is 44.5 Å². The van der Waals surface area contributed by atoms with E-state index in [0.717, 1.165) is 0 Å². The first-order valence-electron chi connectivity index (χ1n) is 5.17. The van der Waals surface area contributed by atoms with Gasteiger partial charge in [0.2, 0.25) is 0 Å². The molecule has 5 heteroatoms. The second-order valence-corrected chi connectivity index (χ2v) is 4.37. The van der Waals surface area contributed by atoms with Crippen molar-refractivity contribution in [1.29, 1.82) is 0 Å². The van der Waals surface area contributed by atoms with Crippen LogP contribution in [0.5, 0.6) is 17.2 Å². The predicted octanol–water partition coefficient (Wildman–Crippen LogP) is 4.38. The fourth-order valence-corrected chi connectivity index (χ4v) is 1.78. The zero-order valence-corrected chi connectivity index (χ0v) is 11.1. The van der Waals surface area contributed by atoms with Crippen LogP contribution < -0.4 is 15.2 Å². The van der Waals surface area contributed by atoms with Crippen molar-refractivity contribution in [3.05, 3.63) is 46.4 Å². The molecule has 2 aromatic rings. The number of ether oxygens (including phenoxy) is 2. The first kappa shape index (κ1) is 12.9. The minimum atomic E-state index is 0.385. The van der Waals surface area contributed by atoms with Crippen LogP contribution in [0, 0.1) is 0 Å². The maximum atomic E-state index is 5.93. The van der Waals surface area contributed by atoms with Crippen molar-refractivity contribution in [3.63, 3.8) is 0 Å². The van der Waals surface area contributed by atoms with Gasteiger partial charge in [-0.15, -0.1) is 0 Å². The van der Waals surface area contributed by atoms with E-state index in [2.05, 4.69) is 0 Å². The van der Waals surface area contributed by atoms with Crippen molar-refractivity contribution < 1.29 is 9.47 Å². The van der Waals surface area contributed by atoms with Gasteiger partial charge in [-0.1, -0.05) is 35.3 Å². The van der Waals surface area contributed by atoms with Gasteiger partial charge in [-0.05, 0) is 18.2 Å². The summed E-state index contributed by atoms with van der Waals surface area (Å²) in [6.07, 6.45) is 0. The zero-order chi connectivity index (χ0) is 13.1. The number of nitrogen functional groups attached to an aromatic ring is 1. The summed E-state index contributed by atoms with van der Waals surface area (Å²) in [5.74, 6) is 1.61. The highest BCUT2D eigenvalue weighted by molar-refractivity contribution is 6.42. The summed E-state index contributed by atoms with van der Waals surface area (Å²) in [7, 11) is 1.57. The molecule has 0 amide bonds. The van der Waals surface area contributed by atoms with Crippen LogP contribution in [0.25, 0.3) is 0 Å². The number of hydrogen-bond acceptors (Lipinski definition) is 3. The van der Waals surface area contributed by atoms with E-state index >= 15 is 0 Å². The Balaban J connectivity index is 2.37. The molecular formula is C13H11Cl2NO2. The third kappa shape index (κ3) is 2.63. The monoisotopic (exact) mass is 283 g/mol. The van der Waals surface area contributed by atoms with Crippen molar-refractivity contribution in [2.75, 3.05) is 12.8 Å². The summed E-state index contributed by atoms with van der Waals surface area (Å²) in [5, 5.41) is 0.775. The Morgan fingerprint density at radius 1 is 0.944 bits per heavy atom. The Morgan fingerprint density at radius 3 is 2.22 bits per heavy atom. The molecular weight excluding hydrogens is 273 g/mol. The first-order chi connectivity index (χ1) is 8.61. The van der Waals surface area contributed by atoms with E-state index in [9.17, 15) is 0 Å². The maximum Gasteiger partial charge on any atom is 0.169 e. The van der Waals surface area contributed by atoms with Crippen LogP contribution in [0.1, 0.15) is 0 Å². The largest absolute Gasteiger partial charge is 0.493 e. The highest BCUT2D eigenvalue weighted by Gasteiger charge is 2.10. The van der Waals surface area contributed by atoms with Crippen LogP contribution in [0.15, 0.2) is 36.4 Å². The summed E-state index contributed by atoms with van der Waals surface area (Å²) >= 11 is 11.8. The van der Waals surface area contributed by atoms with Crippen molar-refractivity contribution >= 4 is 28.9 Å². The van der Waals surface area contributed by atoms with E-state index in [0.29, 0.717) is 33.0 Å². The first-order valence-corrected chi connectivity index (χ1v) is 5.93. The number of methoxy groups -OCH3 is 1. The standard InChI is InChI=1S/C13H11Cl2NO2/c1-17-11-4-2-3-5-12(11)18-13-7-9(15)8(14)6-10(13)16/h2-7H,16H2,1H3. The molecule has 0 radical (unpaired) electrons. The maximum absolute atomic E-state index is 5.93. The molecule has 0 aromatic heterocycles. The zero-order valence-electron chi connectivity index (χ0n) is 9.61. The van der Waals surface area contributed by atoms with Gasteiger partial charge in [-0.25, -0.2) is 0 Å². The molecule has 0 aliphatic carbocycles. The molecule has 18 heavy (non-hydrogen) atoms. The van der Waals surface area contributed by atoms with Crippen molar-refractivity contribution in [3.8, 4) is 17.2 Å². The number of hydrogen-bond donors (Lipinski definition) is 1. The van der Waals surface area contributed by atoms with Gasteiger partial charge in [0.15, 0.2) is 17.2 Å². The Hall–Kier alpha value is -1.58. The van der Waals surface area contributed by atoms with Crippen LogP contribution in [0.3, 0.4) is 0 Å². The lowest BCUT2D eigenvalue weighted by Gasteiger charge is -2.12. The summed E-state index contributed by atoms with van der Waals surface area (Å²) in [6, 6.07) is 10.4. The number of nitrogens with two attached hydrogens (primary N) is 1. The molecule has 0 aliphatic heterocycles. The predicted molar refractivity (Wildman–Crippen MR) is 73.9 cm³/mol. The van der Waals surface area contributed by atoms with E-state index in [4.69, 9.17) is 38.4 Å². The minimum absolute atomic E-state index is 0.385. The van der Waals surface area contributed by atoms with Gasteiger partial charge in [0.05, 0.1) is 22.8 Å². The lowest BCUT2D eigenvalue weighted by molar-refractivity contribution is 0.379. The molecule has 3 nitrogen and oxygen atoms in total. The van der Waals surface area contributed by atoms with E-state index in [1.807, 2.05) is 12.1 Å². The quantitative estimate of drug-likeness (QED) is 0.851. The molecule has 0 saturated carbocycles. The Labute approximate surface area is 115 Å². The molecule has 0 heterocycles. The van der Waals surface area contributed by atoms with Gasteiger partial charge in [0.25, 0.3) is 0 Å². The number of anilines is 1. The molecule has 2 aromatic carbocycles. The Morgan fingerprint density at radius 2 is 1.56 bits per heavy atom. The molecule has 0 bridgehead atoms. The Kier molecular flexibility index (Phi) is 3.84. The van der Waals surface area contributed by atoms with Crippen molar-refractivity contribution in [1.82, 2.24) is 0 Å². The van der Waals surface area contributed by atoms with Gasteiger partial charge in [-0.3, -0.25) is 0 Å². The van der Waals surface area contributed by atoms with Crippen LogP contribution >= 0.6 is 23.2 Å². The third-order valence-corrected chi connectivity index (χ3v) is 3.06. The summed E-state index contributed by atoms with van der Waals surface area (Å²) < 4.78 is 10.9. The van der Waals surface area contributed by atoms with E-state index < -0.39 is 0 Å². The average molecular weight is 284 g/mol. The molecule has 0 atom stereocenters. The smallest absolute Gasteiger partial charge is 0.169 e. The number of rotatable bonds is 3. The van der Waals surface area contributed by atoms with Crippen molar-refractivity contribution in [2.24, 2.45) is 0 Å². The Bertz CT molecular complexity index is 573.